The van der Waals surface area contributed by atoms with Crippen LogP contribution in [0, 0.1) is 5.92 Å². The van der Waals surface area contributed by atoms with E-state index in [1.54, 1.807) is 0 Å². The standard InChI is InChI=1S/C9H20N2.C2H6/c1-4-8-5-6-10-7-9(8)11(2)3;1-2/h8-10H,4-7H2,1-3H3;1-2H3. The zero-order valence-electron chi connectivity index (χ0n) is 9.93. The third-order valence-electron chi connectivity index (χ3n) is 2.78. The summed E-state index contributed by atoms with van der Waals surface area (Å²) >= 11 is 0. The van der Waals surface area contributed by atoms with Crippen molar-refractivity contribution in [1.29, 1.82) is 0 Å². The summed E-state index contributed by atoms with van der Waals surface area (Å²) in [4.78, 5) is 2.35. The summed E-state index contributed by atoms with van der Waals surface area (Å²) in [5, 5.41) is 3.44. The summed E-state index contributed by atoms with van der Waals surface area (Å²) < 4.78 is 0. The number of piperidine rings is 1. The van der Waals surface area contributed by atoms with Gasteiger partial charge in [0.05, 0.1) is 0 Å². The predicted octanol–water partition coefficient (Wildman–Crippen LogP) is 1.96. The summed E-state index contributed by atoms with van der Waals surface area (Å²) in [6.07, 6.45) is 2.67. The van der Waals surface area contributed by atoms with E-state index < -0.39 is 0 Å². The molecular weight excluding hydrogens is 160 g/mol. The van der Waals surface area contributed by atoms with Crippen molar-refractivity contribution in [2.75, 3.05) is 27.2 Å². The molecule has 0 bridgehead atoms. The topological polar surface area (TPSA) is 15.3 Å². The molecule has 0 aliphatic carbocycles. The Morgan fingerprint density at radius 2 is 1.92 bits per heavy atom. The molecule has 80 valence electrons. The fraction of sp³-hybridized carbons (Fsp3) is 1.00. The van der Waals surface area contributed by atoms with E-state index in [1.807, 2.05) is 13.8 Å². The van der Waals surface area contributed by atoms with E-state index in [2.05, 4.69) is 31.2 Å². The Labute approximate surface area is 83.7 Å². The molecule has 0 saturated carbocycles. The Kier molecular flexibility index (Phi) is 7.29. The van der Waals surface area contributed by atoms with E-state index in [0.29, 0.717) is 0 Å². The van der Waals surface area contributed by atoms with Crippen LogP contribution >= 0.6 is 0 Å². The first-order valence-corrected chi connectivity index (χ1v) is 5.62. The van der Waals surface area contributed by atoms with Gasteiger partial charge in [-0.05, 0) is 33.0 Å². The van der Waals surface area contributed by atoms with Gasteiger partial charge < -0.3 is 10.2 Å². The van der Waals surface area contributed by atoms with Crippen LogP contribution < -0.4 is 5.32 Å². The number of nitrogens with zero attached hydrogens (tertiary/aromatic N) is 1. The molecule has 1 aliphatic heterocycles. The molecule has 0 radical (unpaired) electrons. The summed E-state index contributed by atoms with van der Waals surface area (Å²) in [5.41, 5.74) is 0. The Morgan fingerprint density at radius 1 is 1.31 bits per heavy atom. The Balaban J connectivity index is 0.000000671. The lowest BCUT2D eigenvalue weighted by molar-refractivity contribution is 0.165. The van der Waals surface area contributed by atoms with Gasteiger partial charge in [-0.2, -0.15) is 0 Å². The lowest BCUT2D eigenvalue weighted by atomic mass is 9.90. The van der Waals surface area contributed by atoms with Crippen LogP contribution in [0.15, 0.2) is 0 Å². The lowest BCUT2D eigenvalue weighted by Crippen LogP contribution is -2.48. The highest BCUT2D eigenvalue weighted by Crippen LogP contribution is 2.18. The molecule has 1 fully saturated rings. The number of rotatable bonds is 2. The Bertz CT molecular complexity index is 113. The van der Waals surface area contributed by atoms with Crippen LogP contribution in [0.25, 0.3) is 0 Å². The summed E-state index contributed by atoms with van der Waals surface area (Å²) in [6, 6.07) is 0.758. The predicted molar refractivity (Wildman–Crippen MR) is 60.1 cm³/mol. The second kappa shape index (κ2) is 7.34. The molecule has 1 heterocycles. The molecule has 2 unspecified atom stereocenters. The van der Waals surface area contributed by atoms with Crippen molar-refractivity contribution >= 4 is 0 Å². The van der Waals surface area contributed by atoms with Crippen LogP contribution in [0.2, 0.25) is 0 Å². The maximum atomic E-state index is 3.44. The fourth-order valence-corrected chi connectivity index (χ4v) is 1.98. The molecule has 1 N–H and O–H groups in total. The van der Waals surface area contributed by atoms with E-state index in [0.717, 1.165) is 12.0 Å². The van der Waals surface area contributed by atoms with E-state index in [4.69, 9.17) is 0 Å². The van der Waals surface area contributed by atoms with Crippen molar-refractivity contribution in [3.05, 3.63) is 0 Å². The summed E-state index contributed by atoms with van der Waals surface area (Å²) in [6.45, 7) is 8.68. The molecule has 0 spiro atoms. The first-order valence-electron chi connectivity index (χ1n) is 5.62. The average molecular weight is 186 g/mol. The van der Waals surface area contributed by atoms with E-state index in [9.17, 15) is 0 Å². The molecule has 0 aromatic rings. The molecule has 0 amide bonds. The van der Waals surface area contributed by atoms with Crippen LogP contribution in [0.4, 0.5) is 0 Å². The molecule has 13 heavy (non-hydrogen) atoms. The second-order valence-electron chi connectivity index (χ2n) is 3.69. The minimum atomic E-state index is 0.758. The minimum absolute atomic E-state index is 0.758. The van der Waals surface area contributed by atoms with Crippen molar-refractivity contribution < 1.29 is 0 Å². The fourth-order valence-electron chi connectivity index (χ4n) is 1.98. The molecule has 2 heteroatoms. The quantitative estimate of drug-likeness (QED) is 0.709. The maximum absolute atomic E-state index is 3.44. The van der Waals surface area contributed by atoms with Crippen molar-refractivity contribution in [3.8, 4) is 0 Å². The highest BCUT2D eigenvalue weighted by Gasteiger charge is 2.24. The van der Waals surface area contributed by atoms with E-state index in [-0.39, 0.29) is 0 Å². The number of hydrogen-bond donors (Lipinski definition) is 1. The van der Waals surface area contributed by atoms with Crippen LogP contribution in [0.1, 0.15) is 33.6 Å². The third kappa shape index (κ3) is 4.10. The van der Waals surface area contributed by atoms with Gasteiger partial charge >= 0.3 is 0 Å². The van der Waals surface area contributed by atoms with Crippen LogP contribution in [-0.4, -0.2) is 38.1 Å². The van der Waals surface area contributed by atoms with Gasteiger partial charge in [-0.1, -0.05) is 27.2 Å². The molecule has 2 nitrogen and oxygen atoms in total. The smallest absolute Gasteiger partial charge is 0.0243 e. The van der Waals surface area contributed by atoms with Crippen LogP contribution in [-0.2, 0) is 0 Å². The van der Waals surface area contributed by atoms with Crippen LogP contribution in [0.5, 0.6) is 0 Å². The zero-order chi connectivity index (χ0) is 10.3. The third-order valence-corrected chi connectivity index (χ3v) is 2.78. The second-order valence-corrected chi connectivity index (χ2v) is 3.69. The molecular formula is C11H26N2. The van der Waals surface area contributed by atoms with Gasteiger partial charge in [0.15, 0.2) is 0 Å². The first kappa shape index (κ1) is 12.9. The lowest BCUT2D eigenvalue weighted by Gasteiger charge is -2.36. The largest absolute Gasteiger partial charge is 0.315 e. The first-order chi connectivity index (χ1) is 6.25. The van der Waals surface area contributed by atoms with Gasteiger partial charge in [0.1, 0.15) is 0 Å². The number of nitrogens with one attached hydrogen (secondary N) is 1. The van der Waals surface area contributed by atoms with Gasteiger partial charge in [-0.25, -0.2) is 0 Å². The summed E-state index contributed by atoms with van der Waals surface area (Å²) in [7, 11) is 4.36. The van der Waals surface area contributed by atoms with Crippen molar-refractivity contribution in [1.82, 2.24) is 10.2 Å². The number of likely N-dealkylation sites (N-methyl/N-ethyl adjacent to an activating group) is 1. The minimum Gasteiger partial charge on any atom is -0.315 e. The normalized spacial score (nSPS) is 28.2. The van der Waals surface area contributed by atoms with Crippen molar-refractivity contribution in [2.24, 2.45) is 5.92 Å². The molecule has 1 saturated heterocycles. The SMILES string of the molecule is CC.CCC1CCNCC1N(C)C. The monoisotopic (exact) mass is 186 g/mol. The highest BCUT2D eigenvalue weighted by atomic mass is 15.1. The summed E-state index contributed by atoms with van der Waals surface area (Å²) in [5.74, 6) is 0.909. The molecule has 0 aromatic carbocycles. The Morgan fingerprint density at radius 3 is 2.31 bits per heavy atom. The van der Waals surface area contributed by atoms with Crippen molar-refractivity contribution in [2.45, 2.75) is 39.7 Å². The maximum Gasteiger partial charge on any atom is 0.0243 e. The Hall–Kier alpha value is -0.0800. The number of hydrogen-bond acceptors (Lipinski definition) is 2. The van der Waals surface area contributed by atoms with Gasteiger partial charge in [-0.15, -0.1) is 0 Å². The van der Waals surface area contributed by atoms with Crippen molar-refractivity contribution in [3.63, 3.8) is 0 Å². The highest BCUT2D eigenvalue weighted by molar-refractivity contribution is 4.82. The van der Waals surface area contributed by atoms with Gasteiger partial charge in [0.2, 0.25) is 0 Å². The molecule has 1 aliphatic rings. The van der Waals surface area contributed by atoms with E-state index in [1.165, 1.54) is 25.9 Å². The van der Waals surface area contributed by atoms with Gasteiger partial charge in [0, 0.05) is 12.6 Å². The molecule has 2 atom stereocenters. The average Bonchev–Trinajstić information content (AvgIpc) is 2.20. The molecule has 1 rings (SSSR count). The zero-order valence-corrected chi connectivity index (χ0v) is 9.93. The van der Waals surface area contributed by atoms with Gasteiger partial charge in [0.25, 0.3) is 0 Å². The van der Waals surface area contributed by atoms with Gasteiger partial charge in [-0.3, -0.25) is 0 Å². The van der Waals surface area contributed by atoms with Crippen LogP contribution in [0.3, 0.4) is 0 Å². The molecule has 0 aromatic heterocycles. The van der Waals surface area contributed by atoms with E-state index >= 15 is 0 Å².